The Kier molecular flexibility index (Phi) is 4.81. The summed E-state index contributed by atoms with van der Waals surface area (Å²) in [4.78, 5) is 14.2. The van der Waals surface area contributed by atoms with E-state index in [9.17, 15) is 4.79 Å². The number of hydrogen-bond acceptors (Lipinski definition) is 4. The Labute approximate surface area is 135 Å². The molecule has 0 radical (unpaired) electrons. The SMILES string of the molecule is Cc1cc2oc(=O)cc(CNCCN3CCCC3)c2cc1Cl. The second kappa shape index (κ2) is 6.82. The third-order valence-electron chi connectivity index (χ3n) is 4.23. The molecule has 0 spiro atoms. The van der Waals surface area contributed by atoms with Crippen LogP contribution in [0.25, 0.3) is 11.0 Å². The lowest BCUT2D eigenvalue weighted by molar-refractivity contribution is 0.335. The van der Waals surface area contributed by atoms with Crippen LogP contribution in [0.4, 0.5) is 0 Å². The molecular weight excluding hydrogens is 300 g/mol. The van der Waals surface area contributed by atoms with E-state index in [1.807, 2.05) is 19.1 Å². The minimum absolute atomic E-state index is 0.314. The lowest BCUT2D eigenvalue weighted by Crippen LogP contribution is -2.29. The van der Waals surface area contributed by atoms with Gasteiger partial charge in [0.25, 0.3) is 0 Å². The van der Waals surface area contributed by atoms with Crippen molar-refractivity contribution in [3.8, 4) is 0 Å². The zero-order chi connectivity index (χ0) is 15.5. The molecule has 0 bridgehead atoms. The fraction of sp³-hybridized carbons (Fsp3) is 0.471. The van der Waals surface area contributed by atoms with Gasteiger partial charge in [0.15, 0.2) is 0 Å². The summed E-state index contributed by atoms with van der Waals surface area (Å²) < 4.78 is 5.28. The minimum atomic E-state index is -0.314. The number of nitrogens with one attached hydrogen (secondary N) is 1. The zero-order valence-electron chi connectivity index (χ0n) is 12.8. The molecule has 2 aromatic rings. The monoisotopic (exact) mass is 320 g/mol. The van der Waals surface area contributed by atoms with Crippen LogP contribution in [-0.2, 0) is 6.54 Å². The molecule has 1 saturated heterocycles. The fourth-order valence-electron chi connectivity index (χ4n) is 2.96. The van der Waals surface area contributed by atoms with E-state index in [1.54, 1.807) is 6.07 Å². The Morgan fingerprint density at radius 1 is 1.27 bits per heavy atom. The van der Waals surface area contributed by atoms with E-state index in [2.05, 4.69) is 10.2 Å². The predicted octanol–water partition coefficient (Wildman–Crippen LogP) is 2.94. The number of hydrogen-bond donors (Lipinski definition) is 1. The Morgan fingerprint density at radius 3 is 2.82 bits per heavy atom. The van der Waals surface area contributed by atoms with Gasteiger partial charge < -0.3 is 14.6 Å². The van der Waals surface area contributed by atoms with Gasteiger partial charge in [-0.15, -0.1) is 0 Å². The standard InChI is InChI=1S/C17H21ClN2O2/c1-12-8-16-14(10-15(12)18)13(9-17(21)22-16)11-19-4-7-20-5-2-3-6-20/h8-10,19H,2-7,11H2,1H3. The summed E-state index contributed by atoms with van der Waals surface area (Å²) in [7, 11) is 0. The maximum Gasteiger partial charge on any atom is 0.336 e. The topological polar surface area (TPSA) is 45.5 Å². The van der Waals surface area contributed by atoms with Gasteiger partial charge in [0.2, 0.25) is 0 Å². The molecular formula is C17H21ClN2O2. The minimum Gasteiger partial charge on any atom is -0.423 e. The van der Waals surface area contributed by atoms with Gasteiger partial charge in [-0.3, -0.25) is 0 Å². The number of fused-ring (bicyclic) bond motifs is 1. The first kappa shape index (κ1) is 15.5. The highest BCUT2D eigenvalue weighted by Gasteiger charge is 2.11. The van der Waals surface area contributed by atoms with Crippen molar-refractivity contribution in [2.24, 2.45) is 0 Å². The molecule has 1 aliphatic heterocycles. The summed E-state index contributed by atoms with van der Waals surface area (Å²) in [6, 6.07) is 5.26. The van der Waals surface area contributed by atoms with Gasteiger partial charge in [-0.25, -0.2) is 4.79 Å². The average Bonchev–Trinajstić information content (AvgIpc) is 2.98. The summed E-state index contributed by atoms with van der Waals surface area (Å²) in [5.41, 5.74) is 2.14. The van der Waals surface area contributed by atoms with Crippen molar-refractivity contribution >= 4 is 22.6 Å². The number of likely N-dealkylation sites (tertiary alicyclic amines) is 1. The average molecular weight is 321 g/mol. The van der Waals surface area contributed by atoms with Gasteiger partial charge in [0, 0.05) is 36.1 Å². The van der Waals surface area contributed by atoms with Crippen LogP contribution in [0.1, 0.15) is 24.0 Å². The number of halogens is 1. The number of nitrogens with zero attached hydrogens (tertiary/aromatic N) is 1. The van der Waals surface area contributed by atoms with Crippen molar-refractivity contribution < 1.29 is 4.42 Å². The molecule has 1 aliphatic rings. The third kappa shape index (κ3) is 3.51. The van der Waals surface area contributed by atoms with E-state index in [0.29, 0.717) is 17.2 Å². The van der Waals surface area contributed by atoms with E-state index in [0.717, 1.165) is 29.6 Å². The highest BCUT2D eigenvalue weighted by atomic mass is 35.5. The van der Waals surface area contributed by atoms with Gasteiger partial charge in [0.1, 0.15) is 5.58 Å². The van der Waals surface area contributed by atoms with Crippen LogP contribution >= 0.6 is 11.6 Å². The van der Waals surface area contributed by atoms with Crippen LogP contribution in [0, 0.1) is 6.92 Å². The van der Waals surface area contributed by atoms with Crippen molar-refractivity contribution in [1.82, 2.24) is 10.2 Å². The largest absolute Gasteiger partial charge is 0.423 e. The first-order valence-corrected chi connectivity index (χ1v) is 8.17. The molecule has 1 aromatic heterocycles. The molecule has 0 aliphatic carbocycles. The molecule has 22 heavy (non-hydrogen) atoms. The van der Waals surface area contributed by atoms with Gasteiger partial charge in [-0.2, -0.15) is 0 Å². The summed E-state index contributed by atoms with van der Waals surface area (Å²) in [5, 5.41) is 5.02. The second-order valence-corrected chi connectivity index (χ2v) is 6.32. The molecule has 0 saturated carbocycles. The van der Waals surface area contributed by atoms with Crippen molar-refractivity contribution in [2.45, 2.75) is 26.3 Å². The van der Waals surface area contributed by atoms with Crippen molar-refractivity contribution in [3.63, 3.8) is 0 Å². The Balaban J connectivity index is 1.72. The predicted molar refractivity (Wildman–Crippen MR) is 89.6 cm³/mol. The van der Waals surface area contributed by atoms with Crippen LogP contribution < -0.4 is 10.9 Å². The summed E-state index contributed by atoms with van der Waals surface area (Å²) >= 11 is 6.20. The molecule has 4 nitrogen and oxygen atoms in total. The normalized spacial score (nSPS) is 15.7. The highest BCUT2D eigenvalue weighted by Crippen LogP contribution is 2.25. The van der Waals surface area contributed by atoms with Crippen LogP contribution in [0.15, 0.2) is 27.4 Å². The first-order valence-electron chi connectivity index (χ1n) is 7.79. The first-order chi connectivity index (χ1) is 10.6. The summed E-state index contributed by atoms with van der Waals surface area (Å²) in [6.07, 6.45) is 2.62. The van der Waals surface area contributed by atoms with E-state index < -0.39 is 0 Å². The molecule has 1 N–H and O–H groups in total. The molecule has 3 rings (SSSR count). The quantitative estimate of drug-likeness (QED) is 0.679. The van der Waals surface area contributed by atoms with Gasteiger partial charge >= 0.3 is 5.63 Å². The molecule has 118 valence electrons. The highest BCUT2D eigenvalue weighted by molar-refractivity contribution is 6.32. The maximum absolute atomic E-state index is 11.7. The van der Waals surface area contributed by atoms with E-state index >= 15 is 0 Å². The third-order valence-corrected chi connectivity index (χ3v) is 4.64. The fourth-order valence-corrected chi connectivity index (χ4v) is 3.12. The molecule has 2 heterocycles. The number of rotatable bonds is 5. The molecule has 0 atom stereocenters. The van der Waals surface area contributed by atoms with E-state index in [1.165, 1.54) is 25.9 Å². The van der Waals surface area contributed by atoms with Crippen LogP contribution in [0.5, 0.6) is 0 Å². The summed E-state index contributed by atoms with van der Waals surface area (Å²) in [5.74, 6) is 0. The maximum atomic E-state index is 11.7. The molecule has 5 heteroatoms. The number of aryl methyl sites for hydroxylation is 1. The van der Waals surface area contributed by atoms with Crippen molar-refractivity contribution in [1.29, 1.82) is 0 Å². The van der Waals surface area contributed by atoms with Crippen LogP contribution in [0.2, 0.25) is 5.02 Å². The second-order valence-electron chi connectivity index (χ2n) is 5.91. The molecule has 1 aromatic carbocycles. The molecule has 0 unspecified atom stereocenters. The van der Waals surface area contributed by atoms with Gasteiger partial charge in [0.05, 0.1) is 0 Å². The Bertz CT molecular complexity index is 720. The van der Waals surface area contributed by atoms with Gasteiger partial charge in [-0.1, -0.05) is 11.6 Å². The van der Waals surface area contributed by atoms with Crippen molar-refractivity contribution in [2.75, 3.05) is 26.2 Å². The van der Waals surface area contributed by atoms with Gasteiger partial charge in [-0.05, 0) is 56.1 Å². The van der Waals surface area contributed by atoms with Crippen LogP contribution in [-0.4, -0.2) is 31.1 Å². The lowest BCUT2D eigenvalue weighted by Gasteiger charge is -2.15. The van der Waals surface area contributed by atoms with Crippen molar-refractivity contribution in [3.05, 3.63) is 44.8 Å². The number of benzene rings is 1. The Hall–Kier alpha value is -1.36. The summed E-state index contributed by atoms with van der Waals surface area (Å²) in [6.45, 7) is 6.93. The molecule has 1 fully saturated rings. The molecule has 0 amide bonds. The lowest BCUT2D eigenvalue weighted by atomic mass is 10.1. The Morgan fingerprint density at radius 2 is 2.05 bits per heavy atom. The zero-order valence-corrected chi connectivity index (χ0v) is 13.6. The van der Waals surface area contributed by atoms with E-state index in [4.69, 9.17) is 16.0 Å². The van der Waals surface area contributed by atoms with Crippen LogP contribution in [0.3, 0.4) is 0 Å². The smallest absolute Gasteiger partial charge is 0.336 e. The van der Waals surface area contributed by atoms with E-state index in [-0.39, 0.29) is 5.63 Å².